The number of fused-ring (bicyclic) bond motifs is 4. The van der Waals surface area contributed by atoms with Gasteiger partial charge < -0.3 is 9.88 Å². The predicted molar refractivity (Wildman–Crippen MR) is 156 cm³/mol. The van der Waals surface area contributed by atoms with Crippen molar-refractivity contribution in [3.8, 4) is 0 Å². The Kier molecular flexibility index (Phi) is 7.47. The number of aryl methyl sites for hydroxylation is 2. The highest BCUT2D eigenvalue weighted by Gasteiger charge is 2.26. The normalized spacial score (nSPS) is 15.4. The molecule has 5 nitrogen and oxygen atoms in total. The van der Waals surface area contributed by atoms with Gasteiger partial charge >= 0.3 is 0 Å². The molecule has 3 heterocycles. The molecule has 1 unspecified atom stereocenters. The van der Waals surface area contributed by atoms with Crippen LogP contribution in [-0.4, -0.2) is 33.0 Å². The third kappa shape index (κ3) is 5.09. The average Bonchev–Trinajstić information content (AvgIpc) is 3.29. The average molecular weight is 504 g/mol. The number of benzene rings is 2. The smallest absolute Gasteiger partial charge is 0.0786 e. The van der Waals surface area contributed by atoms with Gasteiger partial charge in [0, 0.05) is 48.3 Å². The molecule has 1 N–H and O–H groups in total. The van der Waals surface area contributed by atoms with Gasteiger partial charge in [-0.25, -0.2) is 0 Å². The van der Waals surface area contributed by atoms with Crippen molar-refractivity contribution < 1.29 is 0 Å². The van der Waals surface area contributed by atoms with E-state index in [9.17, 15) is 0 Å². The summed E-state index contributed by atoms with van der Waals surface area (Å²) in [5.41, 5.74) is 7.74. The molecular weight excluding hydrogens is 466 g/mol. The summed E-state index contributed by atoms with van der Waals surface area (Å²) in [6, 6.07) is 26.3. The molecule has 2 aromatic carbocycles. The third-order valence-electron chi connectivity index (χ3n) is 8.01. The number of hydrogen-bond acceptors (Lipinski definition) is 4. The molecule has 5 aromatic rings. The first-order valence-electron chi connectivity index (χ1n) is 14.0. The first-order valence-corrected chi connectivity index (χ1v) is 14.0. The summed E-state index contributed by atoms with van der Waals surface area (Å²) in [6.45, 7) is 3.75. The van der Waals surface area contributed by atoms with Crippen molar-refractivity contribution in [3.05, 3.63) is 108 Å². The summed E-state index contributed by atoms with van der Waals surface area (Å²) in [5.74, 6) is 0. The minimum absolute atomic E-state index is 0.338. The van der Waals surface area contributed by atoms with Crippen LogP contribution in [0, 0.1) is 0 Å². The van der Waals surface area contributed by atoms with Crippen molar-refractivity contribution in [1.82, 2.24) is 24.8 Å². The Morgan fingerprint density at radius 2 is 1.76 bits per heavy atom. The standard InChI is InChI=1S/C33H37N5/c1-37(31-17-9-13-26-14-10-20-36-32(26)31)24-29-33-28(18-21-35-29)27-15-5-6-16-30(27)38(33)22-8-7-19-34-23-25-11-3-2-4-12-25/h2-6,10-12,14-16,18,20-21,31,34H,7-9,13,17,19,22-24H2,1H3. The van der Waals surface area contributed by atoms with E-state index in [0.717, 1.165) is 57.6 Å². The predicted octanol–water partition coefficient (Wildman–Crippen LogP) is 6.66. The largest absolute Gasteiger partial charge is 0.339 e. The maximum absolute atomic E-state index is 4.95. The van der Waals surface area contributed by atoms with Gasteiger partial charge in [-0.2, -0.15) is 0 Å². The number of unbranched alkanes of at least 4 members (excludes halogenated alkanes) is 1. The highest BCUT2D eigenvalue weighted by Crippen LogP contribution is 2.35. The Hall–Kier alpha value is -3.54. The fourth-order valence-corrected chi connectivity index (χ4v) is 6.13. The molecule has 38 heavy (non-hydrogen) atoms. The minimum atomic E-state index is 0.338. The van der Waals surface area contributed by atoms with Gasteiger partial charge in [0.15, 0.2) is 0 Å². The van der Waals surface area contributed by atoms with Crippen molar-refractivity contribution in [1.29, 1.82) is 0 Å². The third-order valence-corrected chi connectivity index (χ3v) is 8.01. The van der Waals surface area contributed by atoms with E-state index in [-0.39, 0.29) is 0 Å². The highest BCUT2D eigenvalue weighted by molar-refractivity contribution is 6.08. The fraction of sp³-hybridized carbons (Fsp3) is 0.333. The van der Waals surface area contributed by atoms with Gasteiger partial charge in [-0.15, -0.1) is 0 Å². The van der Waals surface area contributed by atoms with Crippen molar-refractivity contribution in [2.24, 2.45) is 0 Å². The van der Waals surface area contributed by atoms with E-state index in [1.54, 1.807) is 0 Å². The molecular formula is C33H37N5. The van der Waals surface area contributed by atoms with Crippen LogP contribution in [0.15, 0.2) is 85.2 Å². The first-order chi connectivity index (χ1) is 18.8. The molecule has 0 saturated heterocycles. The van der Waals surface area contributed by atoms with Crippen LogP contribution in [0.2, 0.25) is 0 Å². The molecule has 1 aliphatic carbocycles. The molecule has 0 amide bonds. The molecule has 0 bridgehead atoms. The second-order valence-corrected chi connectivity index (χ2v) is 10.6. The lowest BCUT2D eigenvalue weighted by atomic mass is 9.91. The second kappa shape index (κ2) is 11.5. The molecule has 0 radical (unpaired) electrons. The molecule has 0 aliphatic heterocycles. The molecule has 1 aliphatic rings. The Bertz CT molecular complexity index is 1510. The number of aromatic nitrogens is 3. The molecule has 0 saturated carbocycles. The lowest BCUT2D eigenvalue weighted by Gasteiger charge is -2.32. The summed E-state index contributed by atoms with van der Waals surface area (Å²) in [7, 11) is 2.24. The molecule has 5 heteroatoms. The Labute approximate surface area is 225 Å². The van der Waals surface area contributed by atoms with Gasteiger partial charge in [-0.1, -0.05) is 54.6 Å². The van der Waals surface area contributed by atoms with Crippen LogP contribution >= 0.6 is 0 Å². The maximum Gasteiger partial charge on any atom is 0.0786 e. The lowest BCUT2D eigenvalue weighted by molar-refractivity contribution is 0.207. The topological polar surface area (TPSA) is 46.0 Å². The zero-order chi connectivity index (χ0) is 25.7. The van der Waals surface area contributed by atoms with Gasteiger partial charge in [-0.05, 0) is 75.0 Å². The van der Waals surface area contributed by atoms with Crippen LogP contribution in [0.25, 0.3) is 21.8 Å². The Morgan fingerprint density at radius 1 is 0.895 bits per heavy atom. The van der Waals surface area contributed by atoms with E-state index in [1.165, 1.54) is 45.0 Å². The molecule has 1 atom stereocenters. The van der Waals surface area contributed by atoms with E-state index >= 15 is 0 Å². The summed E-state index contributed by atoms with van der Waals surface area (Å²) >= 11 is 0. The van der Waals surface area contributed by atoms with Gasteiger partial charge in [0.1, 0.15) is 0 Å². The monoisotopic (exact) mass is 503 g/mol. The summed E-state index contributed by atoms with van der Waals surface area (Å²) < 4.78 is 2.52. The van der Waals surface area contributed by atoms with Crippen LogP contribution in [0.1, 0.15) is 54.2 Å². The zero-order valence-corrected chi connectivity index (χ0v) is 22.3. The van der Waals surface area contributed by atoms with Gasteiger partial charge in [-0.3, -0.25) is 14.9 Å². The number of hydrogen-bond donors (Lipinski definition) is 1. The number of nitrogens with one attached hydrogen (secondary N) is 1. The van der Waals surface area contributed by atoms with E-state index in [4.69, 9.17) is 9.97 Å². The quantitative estimate of drug-likeness (QED) is 0.216. The van der Waals surface area contributed by atoms with Crippen LogP contribution < -0.4 is 5.32 Å². The fourth-order valence-electron chi connectivity index (χ4n) is 6.13. The van der Waals surface area contributed by atoms with Crippen molar-refractivity contribution in [2.75, 3.05) is 13.6 Å². The SMILES string of the molecule is CN(Cc1nccc2c3ccccc3n(CCCCNCc3ccccc3)c12)C1CCCc2cccnc21. The Balaban J connectivity index is 1.22. The van der Waals surface area contributed by atoms with E-state index in [0.29, 0.717) is 6.04 Å². The molecule has 194 valence electrons. The van der Waals surface area contributed by atoms with Crippen molar-refractivity contribution >= 4 is 21.8 Å². The van der Waals surface area contributed by atoms with E-state index in [1.807, 2.05) is 12.4 Å². The van der Waals surface area contributed by atoms with Crippen LogP contribution in [0.5, 0.6) is 0 Å². The van der Waals surface area contributed by atoms with Crippen molar-refractivity contribution in [3.63, 3.8) is 0 Å². The van der Waals surface area contributed by atoms with Crippen LogP contribution in [0.3, 0.4) is 0 Å². The Morgan fingerprint density at radius 3 is 2.68 bits per heavy atom. The molecule has 0 fully saturated rings. The number of pyridine rings is 2. The molecule has 3 aromatic heterocycles. The van der Waals surface area contributed by atoms with Gasteiger partial charge in [0.2, 0.25) is 0 Å². The summed E-state index contributed by atoms with van der Waals surface area (Å²) in [5, 5.41) is 6.23. The van der Waals surface area contributed by atoms with E-state index in [2.05, 4.69) is 94.6 Å². The second-order valence-electron chi connectivity index (χ2n) is 10.6. The first kappa shape index (κ1) is 24.8. The minimum Gasteiger partial charge on any atom is -0.339 e. The summed E-state index contributed by atoms with van der Waals surface area (Å²) in [4.78, 5) is 12.2. The zero-order valence-electron chi connectivity index (χ0n) is 22.3. The molecule has 6 rings (SSSR count). The van der Waals surface area contributed by atoms with Gasteiger partial charge in [0.25, 0.3) is 0 Å². The number of para-hydroxylation sites is 1. The highest BCUT2D eigenvalue weighted by atomic mass is 15.2. The number of rotatable bonds is 10. The van der Waals surface area contributed by atoms with Crippen LogP contribution in [0.4, 0.5) is 0 Å². The molecule has 0 spiro atoms. The van der Waals surface area contributed by atoms with E-state index < -0.39 is 0 Å². The lowest BCUT2D eigenvalue weighted by Crippen LogP contribution is -2.29. The number of nitrogens with zero attached hydrogens (tertiary/aromatic N) is 4. The van der Waals surface area contributed by atoms with Gasteiger partial charge in [0.05, 0.1) is 22.9 Å². The van der Waals surface area contributed by atoms with Crippen LogP contribution in [-0.2, 0) is 26.1 Å². The maximum atomic E-state index is 4.95. The summed E-state index contributed by atoms with van der Waals surface area (Å²) in [6.07, 6.45) is 9.69. The van der Waals surface area contributed by atoms with Crippen molar-refractivity contribution in [2.45, 2.75) is 57.8 Å².